The van der Waals surface area contributed by atoms with E-state index in [2.05, 4.69) is 0 Å². The van der Waals surface area contributed by atoms with Crippen LogP contribution in [-0.4, -0.2) is 29.1 Å². The molecule has 0 atom stereocenters. The van der Waals surface area contributed by atoms with Crippen LogP contribution in [0.4, 0.5) is 0 Å². The van der Waals surface area contributed by atoms with E-state index in [1.54, 1.807) is 0 Å². The van der Waals surface area contributed by atoms with Gasteiger partial charge in [0.2, 0.25) is 0 Å². The van der Waals surface area contributed by atoms with Crippen molar-refractivity contribution in [3.63, 3.8) is 0 Å². The van der Waals surface area contributed by atoms with Crippen LogP contribution in [0, 0.1) is 0 Å². The third kappa shape index (κ3) is 11.0. The second-order valence-corrected chi connectivity index (χ2v) is 1.77. The number of hydrogen-bond acceptors (Lipinski definition) is 2. The van der Waals surface area contributed by atoms with E-state index in [4.69, 9.17) is 19.8 Å². The molecule has 1 aromatic rings. The van der Waals surface area contributed by atoms with Crippen molar-refractivity contribution in [3.05, 3.63) is 30.1 Å². The van der Waals surface area contributed by atoms with Crippen LogP contribution < -0.4 is 18.9 Å². The average Bonchev–Trinajstić information content (AvgIpc) is 2.08. The first-order valence-electron chi connectivity index (χ1n) is 3.11. The molecule has 0 aliphatic heterocycles. The van der Waals surface area contributed by atoms with Crippen LogP contribution in [0.15, 0.2) is 30.1 Å². The zero-order valence-corrected chi connectivity index (χ0v) is 7.18. The number of rotatable bonds is 0. The second kappa shape index (κ2) is 9.04. The van der Waals surface area contributed by atoms with Gasteiger partial charge in [0.05, 0.1) is 0 Å². The Hall–Kier alpha value is -1.05. The van der Waals surface area contributed by atoms with Gasteiger partial charge in [-0.1, -0.05) is 0 Å². The molecule has 0 fully saturated rings. The van der Waals surface area contributed by atoms with Crippen LogP contribution in [0.1, 0.15) is 1.43 Å². The Kier molecular flexibility index (Phi) is 10.1. The molecule has 2 N–H and O–H groups in total. The van der Waals surface area contributed by atoms with Crippen molar-refractivity contribution in [2.75, 3.05) is 0 Å². The molecule has 0 unspecified atom stereocenters. The van der Waals surface area contributed by atoms with E-state index in [-0.39, 0.29) is 20.3 Å². The van der Waals surface area contributed by atoms with Crippen LogP contribution in [0.25, 0.3) is 0 Å². The molecule has 0 aliphatic carbocycles. The Morgan fingerprint density at radius 2 is 1.38 bits per heavy atom. The van der Waals surface area contributed by atoms with Crippen molar-refractivity contribution >= 4 is 18.8 Å². The zero-order chi connectivity index (χ0) is 9.40. The second-order valence-electron chi connectivity index (χ2n) is 1.77. The van der Waals surface area contributed by atoms with Gasteiger partial charge in [-0.05, 0) is 0 Å². The molecule has 1 heterocycles. The molecule has 0 saturated carbocycles. The Morgan fingerprint density at radius 1 is 1.00 bits per heavy atom. The molecule has 4 nitrogen and oxygen atoms in total. The summed E-state index contributed by atoms with van der Waals surface area (Å²) in [5.74, 6) is 0.352. The molecule has 13 heavy (non-hydrogen) atoms. The number of carboxylic acid groups (broad SMARTS) is 2. The SMILES string of the molecule is O=C(O)C(=O)O.[H-].[Li+].b1ccccc1. The summed E-state index contributed by atoms with van der Waals surface area (Å²) in [6.07, 6.45) is 0. The molecule has 1 rings (SSSR count). The van der Waals surface area contributed by atoms with Gasteiger partial charge in [-0.2, -0.15) is 0 Å². The number of carbonyl (C=O) groups is 2. The van der Waals surface area contributed by atoms with E-state index in [1.165, 1.54) is 0 Å². The fourth-order valence-corrected chi connectivity index (χ4v) is 0.385. The first kappa shape index (κ1) is 14.5. The van der Waals surface area contributed by atoms with Gasteiger partial charge in [-0.15, -0.1) is 0 Å². The van der Waals surface area contributed by atoms with E-state index in [0.29, 0.717) is 0 Å². The van der Waals surface area contributed by atoms with Gasteiger partial charge >= 0.3 is 67.8 Å². The molecule has 0 aliphatic rings. The van der Waals surface area contributed by atoms with Crippen molar-refractivity contribution in [3.8, 4) is 0 Å². The fourth-order valence-electron chi connectivity index (χ4n) is 0.385. The van der Waals surface area contributed by atoms with Crippen LogP contribution in [0.3, 0.4) is 0 Å². The van der Waals surface area contributed by atoms with Crippen LogP contribution in [0.2, 0.25) is 0 Å². The van der Waals surface area contributed by atoms with Crippen molar-refractivity contribution in [1.82, 2.24) is 0 Å². The van der Waals surface area contributed by atoms with Crippen molar-refractivity contribution < 1.29 is 40.1 Å². The van der Waals surface area contributed by atoms with Crippen molar-refractivity contribution in [2.24, 2.45) is 0 Å². The van der Waals surface area contributed by atoms with Crippen LogP contribution in [-0.2, 0) is 9.59 Å². The fraction of sp³-hybridized carbons (Fsp3) is 0. The molecule has 6 heteroatoms. The summed E-state index contributed by atoms with van der Waals surface area (Å²) >= 11 is 0. The zero-order valence-electron chi connectivity index (χ0n) is 8.18. The molecule has 0 spiro atoms. The van der Waals surface area contributed by atoms with Gasteiger partial charge in [0.15, 0.2) is 0 Å². The van der Waals surface area contributed by atoms with Gasteiger partial charge in [-0.25, -0.2) is 9.59 Å². The van der Waals surface area contributed by atoms with Crippen molar-refractivity contribution in [1.29, 1.82) is 0 Å². The Balaban J connectivity index is -0.000000151. The van der Waals surface area contributed by atoms with Gasteiger partial charge in [0, 0.05) is 0 Å². The molecular weight excluding hydrogens is 166 g/mol. The summed E-state index contributed by atoms with van der Waals surface area (Å²) in [7, 11) is 0. The van der Waals surface area contributed by atoms with E-state index in [1.807, 2.05) is 37.0 Å². The van der Waals surface area contributed by atoms with Crippen LogP contribution >= 0.6 is 0 Å². The molecule has 64 valence electrons. The maximum absolute atomic E-state index is 9.10. The number of carboxylic acids is 2. The molecule has 0 bridgehead atoms. The third-order valence-electron chi connectivity index (χ3n) is 0.850. The average molecular weight is 174 g/mol. The third-order valence-corrected chi connectivity index (χ3v) is 0.850. The molecule has 1 aromatic heterocycles. The first-order valence-corrected chi connectivity index (χ1v) is 3.11. The Bertz CT molecular complexity index is 218. The maximum atomic E-state index is 9.10. The van der Waals surface area contributed by atoms with E-state index < -0.39 is 11.9 Å². The summed E-state index contributed by atoms with van der Waals surface area (Å²) in [6.45, 7) is 2.00. The topological polar surface area (TPSA) is 74.6 Å². The van der Waals surface area contributed by atoms with Gasteiger partial charge in [0.1, 0.15) is 0 Å². The molecule has 0 aromatic carbocycles. The summed E-state index contributed by atoms with van der Waals surface area (Å²) in [5.41, 5.74) is 0. The summed E-state index contributed by atoms with van der Waals surface area (Å²) < 4.78 is 0. The minimum absolute atomic E-state index is 0. The number of aliphatic carboxylic acids is 2. The molecule has 0 radical (unpaired) electrons. The van der Waals surface area contributed by atoms with Gasteiger partial charge in [0.25, 0.3) is 0 Å². The summed E-state index contributed by atoms with van der Waals surface area (Å²) in [5, 5.41) is 14.8. The summed E-state index contributed by atoms with van der Waals surface area (Å²) in [6, 6.07) is 6.00. The van der Waals surface area contributed by atoms with E-state index >= 15 is 0 Å². The van der Waals surface area contributed by atoms with Crippen LogP contribution in [0.5, 0.6) is 0 Å². The Morgan fingerprint density at radius 3 is 1.46 bits per heavy atom. The standard InChI is InChI=1S/C5H5B.C2H2O4.Li.H/c1-2-4-6-5-3-1;3-1(4)2(5)6;;/h1-5H;(H,3,4)(H,5,6);;/q;;+1;-1. The predicted octanol–water partition coefficient (Wildman–Crippen LogP) is -2.70. The monoisotopic (exact) mass is 174 g/mol. The molecular formula is C7H8BLiO4. The van der Waals surface area contributed by atoms with E-state index in [9.17, 15) is 0 Å². The minimum atomic E-state index is -1.82. The summed E-state index contributed by atoms with van der Waals surface area (Å²) in [4.78, 5) is 18.2. The Labute approximate surface area is 89.5 Å². The van der Waals surface area contributed by atoms with Gasteiger partial charge in [-0.3, -0.25) is 0 Å². The first-order chi connectivity index (χ1) is 5.64. The molecule has 0 amide bonds. The van der Waals surface area contributed by atoms with Crippen molar-refractivity contribution in [2.45, 2.75) is 0 Å². The quantitative estimate of drug-likeness (QED) is 0.331. The number of hydrogen-bond donors (Lipinski definition) is 2. The predicted molar refractivity (Wildman–Crippen MR) is 44.2 cm³/mol. The molecule has 0 saturated heterocycles. The normalized spacial score (nSPS) is 6.77. The van der Waals surface area contributed by atoms with E-state index in [0.717, 1.165) is 0 Å². The van der Waals surface area contributed by atoms with Gasteiger partial charge < -0.3 is 11.6 Å².